The summed E-state index contributed by atoms with van der Waals surface area (Å²) >= 11 is 0. The van der Waals surface area contributed by atoms with Crippen molar-refractivity contribution in [3.8, 4) is 0 Å². The van der Waals surface area contributed by atoms with Gasteiger partial charge >= 0.3 is 0 Å². The number of carbonyl (C=O) groups excluding carboxylic acids is 3. The molecule has 33 heavy (non-hydrogen) atoms. The Morgan fingerprint density at radius 2 is 1.97 bits per heavy atom. The highest BCUT2D eigenvalue weighted by Crippen LogP contribution is 2.33. The molecule has 2 aliphatic rings. The quantitative estimate of drug-likeness (QED) is 0.497. The molecule has 2 amide bonds. The molecular weight excluding hydrogens is 423 g/mol. The number of amides is 2. The van der Waals surface area contributed by atoms with Crippen LogP contribution in [0.1, 0.15) is 70.0 Å². The Morgan fingerprint density at radius 1 is 1.21 bits per heavy atom. The van der Waals surface area contributed by atoms with Crippen molar-refractivity contribution < 1.29 is 18.8 Å². The van der Waals surface area contributed by atoms with Crippen LogP contribution in [0.3, 0.4) is 0 Å². The number of nitrogens with two attached hydrogens (primary N) is 1. The maximum absolute atomic E-state index is 14.1. The van der Waals surface area contributed by atoms with E-state index in [1.165, 1.54) is 6.07 Å². The molecular formula is C25H37FN4O3. The molecule has 7 nitrogen and oxygen atoms in total. The number of carbonyl (C=O) groups is 3. The number of fused-ring (bicyclic) bond motifs is 1. The largest absolute Gasteiger partial charge is 0.347 e. The average molecular weight is 461 g/mol. The van der Waals surface area contributed by atoms with Crippen LogP contribution >= 0.6 is 0 Å². The third-order valence-corrected chi connectivity index (χ3v) is 6.75. The van der Waals surface area contributed by atoms with Crippen LogP contribution in [0.4, 0.5) is 4.39 Å². The van der Waals surface area contributed by atoms with Crippen LogP contribution < -0.4 is 16.4 Å². The van der Waals surface area contributed by atoms with Gasteiger partial charge in [-0.25, -0.2) is 4.39 Å². The summed E-state index contributed by atoms with van der Waals surface area (Å²) in [6, 6.07) is 3.95. The van der Waals surface area contributed by atoms with Gasteiger partial charge in [-0.05, 0) is 62.8 Å². The first kappa shape index (κ1) is 25.3. The third-order valence-electron chi connectivity index (χ3n) is 6.75. The van der Waals surface area contributed by atoms with E-state index in [9.17, 15) is 18.8 Å². The Morgan fingerprint density at radius 3 is 2.67 bits per heavy atom. The van der Waals surface area contributed by atoms with Gasteiger partial charge in [-0.15, -0.1) is 0 Å². The summed E-state index contributed by atoms with van der Waals surface area (Å²) in [5.41, 5.74) is 7.23. The Hall–Kier alpha value is -2.32. The van der Waals surface area contributed by atoms with E-state index in [-0.39, 0.29) is 48.0 Å². The van der Waals surface area contributed by atoms with Crippen LogP contribution in [0.5, 0.6) is 0 Å². The summed E-state index contributed by atoms with van der Waals surface area (Å²) in [7, 11) is 0. The number of halogens is 1. The highest BCUT2D eigenvalue weighted by molar-refractivity contribution is 5.93. The van der Waals surface area contributed by atoms with Crippen molar-refractivity contribution >= 4 is 17.6 Å². The van der Waals surface area contributed by atoms with Gasteiger partial charge in [0.05, 0.1) is 12.1 Å². The smallest absolute Gasteiger partial charge is 0.243 e. The third kappa shape index (κ3) is 5.98. The first-order valence-electron chi connectivity index (χ1n) is 12.1. The van der Waals surface area contributed by atoms with E-state index in [4.69, 9.17) is 5.73 Å². The van der Waals surface area contributed by atoms with Crippen LogP contribution in [0, 0.1) is 11.7 Å². The molecule has 8 heteroatoms. The van der Waals surface area contributed by atoms with Gasteiger partial charge in [-0.1, -0.05) is 26.0 Å². The number of likely N-dealkylation sites (tertiary alicyclic amines) is 1. The van der Waals surface area contributed by atoms with Gasteiger partial charge in [0, 0.05) is 24.9 Å². The second-order valence-corrected chi connectivity index (χ2v) is 9.58. The number of benzene rings is 1. The average Bonchev–Trinajstić information content (AvgIpc) is 3.41. The SMILES string of the molecule is CC(C)N[C@H](C)C(=O)C[C@H](CCN)C(=O)N1CCC[C@@H]1C(=O)NC1CCc2c(F)cccc21. The molecule has 0 spiro atoms. The van der Waals surface area contributed by atoms with E-state index in [1.807, 2.05) is 19.9 Å². The molecule has 0 aromatic heterocycles. The van der Waals surface area contributed by atoms with Gasteiger partial charge in [-0.2, -0.15) is 0 Å². The second kappa shape index (κ2) is 11.2. The zero-order chi connectivity index (χ0) is 24.1. The van der Waals surface area contributed by atoms with Crippen molar-refractivity contribution in [1.29, 1.82) is 0 Å². The van der Waals surface area contributed by atoms with Crippen LogP contribution in [-0.2, 0) is 20.8 Å². The monoisotopic (exact) mass is 460 g/mol. The predicted octanol–water partition coefficient (Wildman–Crippen LogP) is 2.23. The van der Waals surface area contributed by atoms with Crippen LogP contribution in [0.25, 0.3) is 0 Å². The molecule has 1 saturated heterocycles. The summed E-state index contributed by atoms with van der Waals surface area (Å²) in [5, 5.41) is 6.22. The van der Waals surface area contributed by atoms with E-state index in [1.54, 1.807) is 17.9 Å². The molecule has 1 aliphatic carbocycles. The lowest BCUT2D eigenvalue weighted by Gasteiger charge is -2.29. The molecule has 1 heterocycles. The van der Waals surface area contributed by atoms with Gasteiger partial charge < -0.3 is 21.3 Å². The maximum Gasteiger partial charge on any atom is 0.243 e. The van der Waals surface area contributed by atoms with Crippen LogP contribution in [0.15, 0.2) is 18.2 Å². The number of ketones is 1. The number of Topliss-reactive ketones (excluding diaryl/α,β-unsaturated/α-hetero) is 1. The minimum atomic E-state index is -0.573. The summed E-state index contributed by atoms with van der Waals surface area (Å²) in [4.78, 5) is 40.8. The van der Waals surface area contributed by atoms with Crippen molar-refractivity contribution in [1.82, 2.24) is 15.5 Å². The standard InChI is InChI=1S/C25H37FN4O3/c1-15(2)28-16(3)23(31)14-17(11-12-27)25(33)30-13-5-8-22(30)24(32)29-21-10-9-18-19(21)6-4-7-20(18)26/h4,6-7,15-17,21-22,28H,5,8-14,27H2,1-3H3,(H,29,32)/t16-,17+,21?,22-/m1/s1. The first-order chi connectivity index (χ1) is 15.7. The zero-order valence-corrected chi connectivity index (χ0v) is 19.9. The summed E-state index contributed by atoms with van der Waals surface area (Å²) in [6.45, 7) is 6.53. The lowest BCUT2D eigenvalue weighted by Crippen LogP contribution is -2.49. The fraction of sp³-hybridized carbons (Fsp3) is 0.640. The van der Waals surface area contributed by atoms with E-state index in [0.717, 1.165) is 12.0 Å². The van der Waals surface area contributed by atoms with Crippen LogP contribution in [-0.4, -0.2) is 53.7 Å². The minimum absolute atomic E-state index is 0.0275. The number of rotatable bonds is 10. The van der Waals surface area contributed by atoms with Crippen molar-refractivity contribution in [3.63, 3.8) is 0 Å². The van der Waals surface area contributed by atoms with Gasteiger partial charge in [0.1, 0.15) is 17.6 Å². The fourth-order valence-corrected chi connectivity index (χ4v) is 5.09. The van der Waals surface area contributed by atoms with Gasteiger partial charge in [0.25, 0.3) is 0 Å². The van der Waals surface area contributed by atoms with E-state index in [0.29, 0.717) is 44.3 Å². The molecule has 1 aliphatic heterocycles. The number of nitrogens with zero attached hydrogens (tertiary/aromatic N) is 1. The number of hydrogen-bond acceptors (Lipinski definition) is 5. The summed E-state index contributed by atoms with van der Waals surface area (Å²) < 4.78 is 14.1. The molecule has 3 rings (SSSR count). The Balaban J connectivity index is 1.66. The van der Waals surface area contributed by atoms with Crippen molar-refractivity contribution in [2.45, 2.75) is 83.5 Å². The van der Waals surface area contributed by atoms with Gasteiger partial charge in [0.2, 0.25) is 11.8 Å². The predicted molar refractivity (Wildman–Crippen MR) is 125 cm³/mol. The lowest BCUT2D eigenvalue weighted by molar-refractivity contribution is -0.143. The van der Waals surface area contributed by atoms with E-state index in [2.05, 4.69) is 10.6 Å². The molecule has 4 N–H and O–H groups in total. The molecule has 1 aromatic rings. The maximum atomic E-state index is 14.1. The molecule has 182 valence electrons. The molecule has 4 atom stereocenters. The highest BCUT2D eigenvalue weighted by atomic mass is 19.1. The Kier molecular flexibility index (Phi) is 8.59. The number of hydrogen-bond donors (Lipinski definition) is 3. The molecule has 1 unspecified atom stereocenters. The minimum Gasteiger partial charge on any atom is -0.347 e. The van der Waals surface area contributed by atoms with Crippen molar-refractivity contribution in [3.05, 3.63) is 35.1 Å². The highest BCUT2D eigenvalue weighted by Gasteiger charge is 2.39. The van der Waals surface area contributed by atoms with E-state index >= 15 is 0 Å². The molecule has 1 fully saturated rings. The van der Waals surface area contributed by atoms with Crippen molar-refractivity contribution in [2.24, 2.45) is 11.7 Å². The first-order valence-corrected chi connectivity index (χ1v) is 12.1. The normalized spacial score (nSPS) is 21.7. The van der Waals surface area contributed by atoms with Gasteiger partial charge in [-0.3, -0.25) is 14.4 Å². The van der Waals surface area contributed by atoms with Crippen molar-refractivity contribution in [2.75, 3.05) is 13.1 Å². The van der Waals surface area contributed by atoms with E-state index < -0.39 is 12.0 Å². The molecule has 1 aromatic carbocycles. The summed E-state index contributed by atoms with van der Waals surface area (Å²) in [6.07, 6.45) is 3.05. The Labute approximate surface area is 195 Å². The molecule has 0 saturated carbocycles. The summed E-state index contributed by atoms with van der Waals surface area (Å²) in [5.74, 6) is -1.19. The van der Waals surface area contributed by atoms with Crippen LogP contribution in [0.2, 0.25) is 0 Å². The Bertz CT molecular complexity index is 875. The zero-order valence-electron chi connectivity index (χ0n) is 19.9. The molecule has 0 radical (unpaired) electrons. The fourth-order valence-electron chi connectivity index (χ4n) is 5.09. The molecule has 0 bridgehead atoms. The lowest BCUT2D eigenvalue weighted by atomic mass is 9.94. The van der Waals surface area contributed by atoms with Gasteiger partial charge in [0.15, 0.2) is 0 Å². The number of nitrogens with one attached hydrogen (secondary N) is 2. The topological polar surface area (TPSA) is 105 Å². The second-order valence-electron chi connectivity index (χ2n) is 9.58.